The molecule has 26 heavy (non-hydrogen) atoms. The van der Waals surface area contributed by atoms with Crippen molar-refractivity contribution in [1.82, 2.24) is 9.88 Å². The van der Waals surface area contributed by atoms with Crippen molar-refractivity contribution in [3.8, 4) is 0 Å². The lowest BCUT2D eigenvalue weighted by atomic mass is 10.2. The molecule has 0 bridgehead atoms. The second-order valence-corrected chi connectivity index (χ2v) is 7.39. The van der Waals surface area contributed by atoms with Crippen molar-refractivity contribution in [2.75, 3.05) is 25.0 Å². The number of hydrogen-bond donors (Lipinski definition) is 0. The summed E-state index contributed by atoms with van der Waals surface area (Å²) in [6, 6.07) is 4.72. The van der Waals surface area contributed by atoms with E-state index in [4.69, 9.17) is 9.15 Å². The number of oxazole rings is 1. The molecule has 0 saturated carbocycles. The van der Waals surface area contributed by atoms with Gasteiger partial charge in [0.15, 0.2) is 5.58 Å². The van der Waals surface area contributed by atoms with Crippen LogP contribution in [0.5, 0.6) is 0 Å². The van der Waals surface area contributed by atoms with E-state index < -0.39 is 10.5 Å². The van der Waals surface area contributed by atoms with Gasteiger partial charge in [0.2, 0.25) is 0 Å². The third kappa shape index (κ3) is 3.71. The lowest BCUT2D eigenvalue weighted by Gasteiger charge is -2.26. The molecule has 2 heterocycles. The van der Waals surface area contributed by atoms with E-state index >= 15 is 0 Å². The molecule has 0 N–H and O–H groups in total. The Morgan fingerprint density at radius 2 is 2.19 bits per heavy atom. The largest absolute Gasteiger partial charge is 0.444 e. The Balaban J connectivity index is 1.72. The summed E-state index contributed by atoms with van der Waals surface area (Å²) in [6.45, 7) is 6.60. The number of anilines is 1. The van der Waals surface area contributed by atoms with Crippen molar-refractivity contribution in [2.24, 2.45) is 0 Å². The van der Waals surface area contributed by atoms with Gasteiger partial charge in [0.05, 0.1) is 11.0 Å². The number of fused-ring (bicyclic) bond motifs is 1. The molecule has 0 radical (unpaired) electrons. The van der Waals surface area contributed by atoms with Gasteiger partial charge in [0.1, 0.15) is 11.1 Å². The van der Waals surface area contributed by atoms with Crippen molar-refractivity contribution >= 4 is 28.9 Å². The number of aromatic nitrogens is 1. The van der Waals surface area contributed by atoms with Crippen molar-refractivity contribution in [3.05, 3.63) is 28.3 Å². The van der Waals surface area contributed by atoms with Gasteiger partial charge in [-0.1, -0.05) is 0 Å². The molecule has 0 spiro atoms. The number of likely N-dealkylation sites (tertiary alicyclic amines) is 1. The third-order valence-electron chi connectivity index (χ3n) is 4.24. The number of hydrogen-bond acceptors (Lipinski definition) is 7. The van der Waals surface area contributed by atoms with Gasteiger partial charge in [0.25, 0.3) is 11.7 Å². The summed E-state index contributed by atoms with van der Waals surface area (Å²) >= 11 is 0. The molecule has 1 amide bonds. The Labute approximate surface area is 150 Å². The smallest absolute Gasteiger partial charge is 0.410 e. The molecule has 1 fully saturated rings. The summed E-state index contributed by atoms with van der Waals surface area (Å²) in [5.74, 6) is 0. The van der Waals surface area contributed by atoms with Gasteiger partial charge in [-0.15, -0.1) is 0 Å². The van der Waals surface area contributed by atoms with Crippen molar-refractivity contribution in [2.45, 2.75) is 38.8 Å². The summed E-state index contributed by atoms with van der Waals surface area (Å²) in [6.07, 6.45) is 0.427. The van der Waals surface area contributed by atoms with Crippen LogP contribution < -0.4 is 4.90 Å². The molecule has 3 rings (SSSR count). The van der Waals surface area contributed by atoms with Crippen molar-refractivity contribution in [1.29, 1.82) is 0 Å². The first kappa shape index (κ1) is 18.0. The summed E-state index contributed by atoms with van der Waals surface area (Å²) in [5.41, 5.74) is 0.357. The van der Waals surface area contributed by atoms with Crippen LogP contribution in [-0.4, -0.2) is 52.7 Å². The van der Waals surface area contributed by atoms with E-state index in [0.29, 0.717) is 30.2 Å². The van der Waals surface area contributed by atoms with Crippen LogP contribution >= 0.6 is 0 Å². The lowest BCUT2D eigenvalue weighted by Crippen LogP contribution is -2.39. The van der Waals surface area contributed by atoms with Crippen LogP contribution in [0.4, 0.5) is 16.5 Å². The number of carbonyl (C=O) groups is 1. The van der Waals surface area contributed by atoms with Gasteiger partial charge < -0.3 is 19.0 Å². The molecule has 9 heteroatoms. The van der Waals surface area contributed by atoms with Crippen LogP contribution in [-0.2, 0) is 4.74 Å². The highest BCUT2D eigenvalue weighted by atomic mass is 16.6. The molecule has 2 aromatic rings. The monoisotopic (exact) mass is 362 g/mol. The van der Waals surface area contributed by atoms with E-state index in [1.807, 2.05) is 32.7 Å². The highest BCUT2D eigenvalue weighted by molar-refractivity contribution is 5.77. The van der Waals surface area contributed by atoms with Crippen molar-refractivity contribution < 1.29 is 18.9 Å². The van der Waals surface area contributed by atoms with E-state index in [1.165, 1.54) is 12.1 Å². The molecule has 1 saturated heterocycles. The zero-order valence-corrected chi connectivity index (χ0v) is 15.3. The fourth-order valence-corrected chi connectivity index (χ4v) is 2.87. The van der Waals surface area contributed by atoms with E-state index in [9.17, 15) is 14.9 Å². The Bertz CT molecular complexity index is 841. The zero-order chi connectivity index (χ0) is 19.1. The standard InChI is InChI=1S/C17H22N4O5/c1-17(2,3)26-16(22)20-8-7-12(10-20)19(4)15-18-13-9-11(21(23)24)5-6-14(13)25-15/h5-6,9,12H,7-8,10H2,1-4H3/t12-/m1/s1. The van der Waals surface area contributed by atoms with Gasteiger partial charge in [-0.2, -0.15) is 4.98 Å². The average Bonchev–Trinajstić information content (AvgIpc) is 3.18. The summed E-state index contributed by atoms with van der Waals surface area (Å²) in [7, 11) is 1.84. The van der Waals surface area contributed by atoms with Crippen LogP contribution in [0.25, 0.3) is 11.1 Å². The summed E-state index contributed by atoms with van der Waals surface area (Å²) in [4.78, 5) is 30.5. The van der Waals surface area contributed by atoms with Gasteiger partial charge in [0, 0.05) is 32.3 Å². The van der Waals surface area contributed by atoms with Gasteiger partial charge >= 0.3 is 6.09 Å². The molecule has 1 aromatic carbocycles. The molecule has 140 valence electrons. The predicted octanol–water partition coefficient (Wildman–Crippen LogP) is 3.18. The Hall–Kier alpha value is -2.84. The number of amides is 1. The van der Waals surface area contributed by atoms with Crippen molar-refractivity contribution in [3.63, 3.8) is 0 Å². The molecule has 1 aromatic heterocycles. The predicted molar refractivity (Wildman–Crippen MR) is 95.3 cm³/mol. The maximum Gasteiger partial charge on any atom is 0.410 e. The van der Waals surface area contributed by atoms with E-state index in [1.54, 1.807) is 11.0 Å². The first-order chi connectivity index (χ1) is 12.1. The van der Waals surface area contributed by atoms with Crippen LogP contribution in [0, 0.1) is 10.1 Å². The first-order valence-electron chi connectivity index (χ1n) is 8.40. The van der Waals surface area contributed by atoms with Crippen LogP contribution in [0.3, 0.4) is 0 Å². The maximum atomic E-state index is 12.2. The Kier molecular flexibility index (Phi) is 4.47. The third-order valence-corrected chi connectivity index (χ3v) is 4.24. The molecule has 1 aliphatic heterocycles. The lowest BCUT2D eigenvalue weighted by molar-refractivity contribution is -0.384. The average molecular weight is 362 g/mol. The van der Waals surface area contributed by atoms with E-state index in [-0.39, 0.29) is 17.8 Å². The van der Waals surface area contributed by atoms with Crippen LogP contribution in [0.15, 0.2) is 22.6 Å². The number of carbonyl (C=O) groups excluding carboxylic acids is 1. The molecule has 0 unspecified atom stereocenters. The number of nitro groups is 1. The summed E-state index contributed by atoms with van der Waals surface area (Å²) < 4.78 is 11.1. The number of non-ortho nitro benzene ring substituents is 1. The van der Waals surface area contributed by atoms with Crippen LogP contribution in [0.1, 0.15) is 27.2 Å². The molecule has 0 aliphatic carbocycles. The minimum atomic E-state index is -0.532. The van der Waals surface area contributed by atoms with Gasteiger partial charge in [-0.25, -0.2) is 4.79 Å². The highest BCUT2D eigenvalue weighted by Crippen LogP contribution is 2.28. The number of likely N-dealkylation sites (N-methyl/N-ethyl adjacent to an activating group) is 1. The van der Waals surface area contributed by atoms with Crippen LogP contribution in [0.2, 0.25) is 0 Å². The number of benzene rings is 1. The fraction of sp³-hybridized carbons (Fsp3) is 0.529. The highest BCUT2D eigenvalue weighted by Gasteiger charge is 2.33. The SMILES string of the molecule is CN(c1nc2cc([N+](=O)[O-])ccc2o1)[C@@H]1CCN(C(=O)OC(C)(C)C)C1. The quantitative estimate of drug-likeness (QED) is 0.610. The minimum absolute atomic E-state index is 0.0306. The Morgan fingerprint density at radius 1 is 1.46 bits per heavy atom. The number of rotatable bonds is 3. The first-order valence-corrected chi connectivity index (χ1v) is 8.40. The molecular formula is C17H22N4O5. The fourth-order valence-electron chi connectivity index (χ4n) is 2.87. The van der Waals surface area contributed by atoms with Gasteiger partial charge in [-0.3, -0.25) is 10.1 Å². The molecular weight excluding hydrogens is 340 g/mol. The molecule has 1 aliphatic rings. The zero-order valence-electron chi connectivity index (χ0n) is 15.3. The van der Waals surface area contributed by atoms with E-state index in [0.717, 1.165) is 6.42 Å². The topological polar surface area (TPSA) is 102 Å². The second-order valence-electron chi connectivity index (χ2n) is 7.39. The normalized spacial score (nSPS) is 17.5. The Morgan fingerprint density at radius 3 is 2.85 bits per heavy atom. The molecule has 1 atom stereocenters. The van der Waals surface area contributed by atoms with Gasteiger partial charge in [-0.05, 0) is 33.3 Å². The minimum Gasteiger partial charge on any atom is -0.444 e. The maximum absolute atomic E-state index is 12.2. The summed E-state index contributed by atoms with van der Waals surface area (Å²) in [5, 5.41) is 10.9. The number of ether oxygens (including phenoxy) is 1. The molecule has 9 nitrogen and oxygen atoms in total. The number of nitro benzene ring substituents is 1. The number of nitrogens with zero attached hydrogens (tertiary/aromatic N) is 4. The second kappa shape index (κ2) is 6.47. The van der Waals surface area contributed by atoms with E-state index in [2.05, 4.69) is 4.98 Å².